The van der Waals surface area contributed by atoms with Gasteiger partial charge in [0, 0.05) is 45.5 Å². The number of nitrogens with zero attached hydrogens (tertiary/aromatic N) is 3. The summed E-state index contributed by atoms with van der Waals surface area (Å²) >= 11 is 0. The maximum absolute atomic E-state index is 13.8. The zero-order chi connectivity index (χ0) is 18.7. The second-order valence-corrected chi connectivity index (χ2v) is 7.14. The van der Waals surface area contributed by atoms with Crippen LogP contribution in [0, 0.1) is 5.82 Å². The Hall–Kier alpha value is -2.15. The minimum Gasteiger partial charge on any atom is -0.374 e. The van der Waals surface area contributed by atoms with Crippen molar-refractivity contribution in [2.75, 3.05) is 38.1 Å². The highest BCUT2D eigenvalue weighted by atomic mass is 19.1. The second-order valence-electron chi connectivity index (χ2n) is 7.14. The molecular weight excluding hydrogens is 335 g/mol. The molecule has 0 saturated carbocycles. The molecule has 1 aromatic carbocycles. The molecule has 0 aliphatic carbocycles. The lowest BCUT2D eigenvalue weighted by Gasteiger charge is -2.36. The van der Waals surface area contributed by atoms with Crippen LogP contribution < -0.4 is 10.2 Å². The van der Waals surface area contributed by atoms with E-state index in [9.17, 15) is 14.0 Å². The number of fused-ring (bicyclic) bond motifs is 1. The normalized spacial score (nSPS) is 20.3. The highest BCUT2D eigenvalue weighted by molar-refractivity contribution is 6.04. The number of piperazine rings is 1. The van der Waals surface area contributed by atoms with Gasteiger partial charge in [0.25, 0.3) is 5.91 Å². The molecule has 2 aliphatic rings. The molecule has 1 aromatic rings. The van der Waals surface area contributed by atoms with Gasteiger partial charge in [-0.3, -0.25) is 15.0 Å². The van der Waals surface area contributed by atoms with Crippen molar-refractivity contribution in [1.29, 1.82) is 0 Å². The Morgan fingerprint density at radius 1 is 1.27 bits per heavy atom. The van der Waals surface area contributed by atoms with Crippen LogP contribution in [0.15, 0.2) is 18.2 Å². The topological polar surface area (TPSA) is 55.9 Å². The molecule has 3 amide bonds. The summed E-state index contributed by atoms with van der Waals surface area (Å²) < 4.78 is 13.8. The number of amides is 3. The third-order valence-electron chi connectivity index (χ3n) is 5.20. The predicted octanol–water partition coefficient (Wildman–Crippen LogP) is 2.19. The molecule has 2 heterocycles. The summed E-state index contributed by atoms with van der Waals surface area (Å²) in [6.45, 7) is 5.34. The lowest BCUT2D eigenvalue weighted by molar-refractivity contribution is -0.122. The van der Waals surface area contributed by atoms with Crippen LogP contribution in [0.2, 0.25) is 0 Å². The van der Waals surface area contributed by atoms with Crippen molar-refractivity contribution < 1.29 is 14.0 Å². The van der Waals surface area contributed by atoms with Gasteiger partial charge < -0.3 is 9.80 Å². The molecule has 6 nitrogen and oxygen atoms in total. The van der Waals surface area contributed by atoms with E-state index in [0.29, 0.717) is 26.2 Å². The minimum atomic E-state index is -0.435. The van der Waals surface area contributed by atoms with Crippen molar-refractivity contribution in [1.82, 2.24) is 15.1 Å². The average molecular weight is 362 g/mol. The third-order valence-corrected chi connectivity index (χ3v) is 5.20. The second kappa shape index (κ2) is 8.03. The van der Waals surface area contributed by atoms with Gasteiger partial charge in [-0.05, 0) is 30.2 Å². The predicted molar refractivity (Wildman–Crippen MR) is 98.5 cm³/mol. The molecule has 1 N–H and O–H groups in total. The average Bonchev–Trinajstić information content (AvgIpc) is 2.89. The van der Waals surface area contributed by atoms with Crippen molar-refractivity contribution >= 4 is 17.6 Å². The van der Waals surface area contributed by atoms with Gasteiger partial charge in [-0.2, -0.15) is 0 Å². The van der Waals surface area contributed by atoms with Crippen molar-refractivity contribution in [2.24, 2.45) is 0 Å². The van der Waals surface area contributed by atoms with E-state index >= 15 is 0 Å². The van der Waals surface area contributed by atoms with Crippen LogP contribution in [-0.4, -0.2) is 61.0 Å². The van der Waals surface area contributed by atoms with E-state index in [-0.39, 0.29) is 17.8 Å². The summed E-state index contributed by atoms with van der Waals surface area (Å²) in [5.74, 6) is -0.492. The van der Waals surface area contributed by atoms with E-state index in [4.69, 9.17) is 0 Å². The number of anilines is 1. The number of carbonyl (C=O) groups is 2. The van der Waals surface area contributed by atoms with Gasteiger partial charge in [0.05, 0.1) is 0 Å². The molecule has 142 valence electrons. The maximum Gasteiger partial charge on any atom is 0.324 e. The lowest BCUT2D eigenvalue weighted by atomic mass is 10.1. The van der Waals surface area contributed by atoms with Gasteiger partial charge in [-0.25, -0.2) is 9.18 Å². The van der Waals surface area contributed by atoms with E-state index in [0.717, 1.165) is 30.6 Å². The molecule has 0 radical (unpaired) electrons. The zero-order valence-electron chi connectivity index (χ0n) is 15.5. The molecule has 0 aromatic heterocycles. The van der Waals surface area contributed by atoms with Crippen molar-refractivity contribution in [2.45, 2.75) is 38.8 Å². The van der Waals surface area contributed by atoms with Crippen LogP contribution in [0.4, 0.5) is 14.9 Å². The first-order valence-corrected chi connectivity index (χ1v) is 9.33. The minimum absolute atomic E-state index is 0.240. The summed E-state index contributed by atoms with van der Waals surface area (Å²) in [6, 6.07) is 4.17. The van der Waals surface area contributed by atoms with Crippen LogP contribution in [-0.2, 0) is 11.3 Å². The van der Waals surface area contributed by atoms with E-state index in [1.54, 1.807) is 11.0 Å². The number of hydrogen-bond donors (Lipinski definition) is 1. The van der Waals surface area contributed by atoms with Crippen LogP contribution >= 0.6 is 0 Å². The fourth-order valence-corrected chi connectivity index (χ4v) is 3.72. The lowest BCUT2D eigenvalue weighted by Crippen LogP contribution is -2.52. The number of benzene rings is 1. The number of carbonyl (C=O) groups excluding carboxylic acids is 2. The first kappa shape index (κ1) is 18.6. The van der Waals surface area contributed by atoms with E-state index in [2.05, 4.69) is 22.0 Å². The Bertz CT molecular complexity index is 682. The van der Waals surface area contributed by atoms with Crippen LogP contribution in [0.25, 0.3) is 0 Å². The zero-order valence-corrected chi connectivity index (χ0v) is 15.5. The summed E-state index contributed by atoms with van der Waals surface area (Å²) in [5, 5.41) is 2.36. The molecule has 7 heteroatoms. The number of hydrogen-bond acceptors (Lipinski definition) is 4. The summed E-state index contributed by atoms with van der Waals surface area (Å²) in [6.07, 6.45) is 3.44. The Labute approximate surface area is 153 Å². The fourth-order valence-electron chi connectivity index (χ4n) is 3.72. The van der Waals surface area contributed by atoms with Crippen LogP contribution in [0.5, 0.6) is 0 Å². The van der Waals surface area contributed by atoms with Crippen LogP contribution in [0.3, 0.4) is 0 Å². The summed E-state index contributed by atoms with van der Waals surface area (Å²) in [4.78, 5) is 29.5. The molecule has 1 atom stereocenters. The van der Waals surface area contributed by atoms with Gasteiger partial charge in [0.1, 0.15) is 11.9 Å². The molecule has 3 rings (SSSR count). The smallest absolute Gasteiger partial charge is 0.324 e. The third kappa shape index (κ3) is 3.98. The first-order valence-electron chi connectivity index (χ1n) is 9.33. The molecular formula is C19H27FN4O2. The largest absolute Gasteiger partial charge is 0.374 e. The number of imide groups is 1. The van der Waals surface area contributed by atoms with E-state index in [1.807, 2.05) is 13.1 Å². The molecule has 1 unspecified atom stereocenters. The molecule has 0 bridgehead atoms. The molecule has 0 spiro atoms. The Morgan fingerprint density at radius 3 is 2.85 bits per heavy atom. The number of unbranched alkanes of at least 4 members (excludes halogenated alkanes) is 2. The number of urea groups is 1. The van der Waals surface area contributed by atoms with Gasteiger partial charge in [0.2, 0.25) is 0 Å². The molecule has 26 heavy (non-hydrogen) atoms. The SMILES string of the molecule is CCCCCN(C)c1ccc(F)cc1CN1CCN2C(=O)NC(=O)C2C1. The highest BCUT2D eigenvalue weighted by Crippen LogP contribution is 2.25. The fraction of sp³-hybridized carbons (Fsp3) is 0.579. The summed E-state index contributed by atoms with van der Waals surface area (Å²) in [7, 11) is 2.04. The van der Waals surface area contributed by atoms with Gasteiger partial charge >= 0.3 is 6.03 Å². The van der Waals surface area contributed by atoms with Crippen molar-refractivity contribution in [3.05, 3.63) is 29.6 Å². The Balaban J connectivity index is 1.70. The van der Waals surface area contributed by atoms with Gasteiger partial charge in [0.15, 0.2) is 0 Å². The monoisotopic (exact) mass is 362 g/mol. The number of nitrogens with one attached hydrogen (secondary N) is 1. The summed E-state index contributed by atoms with van der Waals surface area (Å²) in [5.41, 5.74) is 1.94. The van der Waals surface area contributed by atoms with E-state index < -0.39 is 6.04 Å². The molecule has 2 saturated heterocycles. The number of rotatable bonds is 7. The van der Waals surface area contributed by atoms with Gasteiger partial charge in [-0.1, -0.05) is 19.8 Å². The van der Waals surface area contributed by atoms with Crippen molar-refractivity contribution in [3.8, 4) is 0 Å². The Morgan fingerprint density at radius 2 is 2.08 bits per heavy atom. The van der Waals surface area contributed by atoms with Crippen LogP contribution in [0.1, 0.15) is 31.7 Å². The maximum atomic E-state index is 13.8. The van der Waals surface area contributed by atoms with E-state index in [1.165, 1.54) is 12.5 Å². The molecule has 2 aliphatic heterocycles. The number of halogens is 1. The van der Waals surface area contributed by atoms with Gasteiger partial charge in [-0.15, -0.1) is 0 Å². The molecule has 2 fully saturated rings. The van der Waals surface area contributed by atoms with Crippen molar-refractivity contribution in [3.63, 3.8) is 0 Å². The Kier molecular flexibility index (Phi) is 5.76. The highest BCUT2D eigenvalue weighted by Gasteiger charge is 2.41. The first-order chi connectivity index (χ1) is 12.5. The standard InChI is InChI=1S/C19H27FN4O2/c1-3-4-5-8-22(2)16-7-6-15(20)11-14(16)12-23-9-10-24-17(13-23)18(25)21-19(24)26/h6-7,11,17H,3-5,8-10,12-13H2,1-2H3,(H,21,25,26). The quantitative estimate of drug-likeness (QED) is 0.597.